The van der Waals surface area contributed by atoms with Gasteiger partial charge in [-0.2, -0.15) is 0 Å². The predicted molar refractivity (Wildman–Crippen MR) is 128 cm³/mol. The average Bonchev–Trinajstić information content (AvgIpc) is 2.79. The average molecular weight is 411 g/mol. The summed E-state index contributed by atoms with van der Waals surface area (Å²) >= 11 is 0. The topological polar surface area (TPSA) is 42.9 Å². The van der Waals surface area contributed by atoms with Crippen LogP contribution in [0.15, 0.2) is 97.5 Å². The summed E-state index contributed by atoms with van der Waals surface area (Å²) in [4.78, 5) is 9.19. The molecular formula is C26H22N2OS. The van der Waals surface area contributed by atoms with Gasteiger partial charge in [0, 0.05) is 58.2 Å². The highest BCUT2D eigenvalue weighted by Crippen LogP contribution is 2.35. The first kappa shape index (κ1) is 19.9. The lowest BCUT2D eigenvalue weighted by Gasteiger charge is -2.11. The largest absolute Gasteiger partial charge is 0.263 e. The zero-order valence-electron chi connectivity index (χ0n) is 16.9. The van der Waals surface area contributed by atoms with Gasteiger partial charge < -0.3 is 0 Å². The van der Waals surface area contributed by atoms with E-state index in [-0.39, 0.29) is 0 Å². The molecular weight excluding hydrogens is 388 g/mol. The molecule has 30 heavy (non-hydrogen) atoms. The van der Waals surface area contributed by atoms with Crippen molar-refractivity contribution in [1.82, 2.24) is 9.97 Å². The van der Waals surface area contributed by atoms with Crippen LogP contribution >= 0.6 is 0 Å². The van der Waals surface area contributed by atoms with Crippen molar-refractivity contribution in [3.63, 3.8) is 0 Å². The summed E-state index contributed by atoms with van der Waals surface area (Å²) in [5.41, 5.74) is 5.70. The molecule has 5 rings (SSSR count). The summed E-state index contributed by atoms with van der Waals surface area (Å²) in [7, 11) is -0.611. The Morgan fingerprint density at radius 3 is 1.83 bits per heavy atom. The van der Waals surface area contributed by atoms with Crippen molar-refractivity contribution < 1.29 is 4.21 Å². The second-order valence-electron chi connectivity index (χ2n) is 7.08. The molecule has 3 aromatic carbocycles. The molecule has 0 radical (unpaired) electrons. The highest BCUT2D eigenvalue weighted by atomic mass is 32.2. The summed E-state index contributed by atoms with van der Waals surface area (Å²) in [6.07, 6.45) is 9.02. The molecule has 2 heterocycles. The molecule has 148 valence electrons. The number of fused-ring (bicyclic) bond motifs is 3. The van der Waals surface area contributed by atoms with Crippen molar-refractivity contribution >= 4 is 32.5 Å². The number of pyridine rings is 2. The Bertz CT molecular complexity index is 1220. The van der Waals surface area contributed by atoms with E-state index in [9.17, 15) is 4.21 Å². The van der Waals surface area contributed by atoms with Crippen LogP contribution in [0.2, 0.25) is 0 Å². The van der Waals surface area contributed by atoms with Gasteiger partial charge in [-0.05, 0) is 28.1 Å². The first-order valence-electron chi connectivity index (χ1n) is 9.66. The Labute approximate surface area is 178 Å². The van der Waals surface area contributed by atoms with Gasteiger partial charge >= 0.3 is 0 Å². The van der Waals surface area contributed by atoms with E-state index < -0.39 is 10.8 Å². The van der Waals surface area contributed by atoms with Crippen molar-refractivity contribution in [2.24, 2.45) is 0 Å². The SMILES string of the molecule is CS(C)=O.c1ccc(-c2cncc3c2ccc2c(-c4ccccc4)ccnc23)cc1. The quantitative estimate of drug-likeness (QED) is 0.330. The van der Waals surface area contributed by atoms with Crippen LogP contribution in [0.25, 0.3) is 43.9 Å². The summed E-state index contributed by atoms with van der Waals surface area (Å²) in [6, 6.07) is 27.3. The summed E-state index contributed by atoms with van der Waals surface area (Å²) < 4.78 is 9.56. The van der Waals surface area contributed by atoms with Crippen molar-refractivity contribution in [2.75, 3.05) is 12.5 Å². The molecule has 0 amide bonds. The fourth-order valence-electron chi connectivity index (χ4n) is 3.58. The molecule has 0 bridgehead atoms. The fourth-order valence-corrected chi connectivity index (χ4v) is 3.58. The van der Waals surface area contributed by atoms with Crippen LogP contribution in [0, 0.1) is 0 Å². The molecule has 0 N–H and O–H groups in total. The van der Waals surface area contributed by atoms with Gasteiger partial charge in [0.25, 0.3) is 0 Å². The summed E-state index contributed by atoms with van der Waals surface area (Å²) in [6.45, 7) is 0. The first-order valence-corrected chi connectivity index (χ1v) is 11.6. The molecule has 4 heteroatoms. The minimum absolute atomic E-state index is 0.611. The van der Waals surface area contributed by atoms with E-state index in [1.165, 1.54) is 22.1 Å². The van der Waals surface area contributed by atoms with Crippen LogP contribution < -0.4 is 0 Å². The van der Waals surface area contributed by atoms with Crippen LogP contribution in [0.1, 0.15) is 0 Å². The molecule has 0 saturated carbocycles. The van der Waals surface area contributed by atoms with Crippen LogP contribution in [-0.4, -0.2) is 26.7 Å². The van der Waals surface area contributed by atoms with Crippen LogP contribution in [0.4, 0.5) is 0 Å². The normalized spacial score (nSPS) is 10.8. The fraction of sp³-hybridized carbons (Fsp3) is 0.0769. The molecule has 2 aromatic heterocycles. The third-order valence-electron chi connectivity index (χ3n) is 4.82. The Morgan fingerprint density at radius 2 is 1.20 bits per heavy atom. The maximum atomic E-state index is 9.56. The van der Waals surface area contributed by atoms with Gasteiger partial charge in [-0.1, -0.05) is 72.8 Å². The van der Waals surface area contributed by atoms with E-state index in [0.717, 1.165) is 21.9 Å². The molecule has 3 nitrogen and oxygen atoms in total. The maximum absolute atomic E-state index is 9.56. The molecule has 5 aromatic rings. The van der Waals surface area contributed by atoms with Crippen LogP contribution in [0.3, 0.4) is 0 Å². The van der Waals surface area contributed by atoms with Crippen molar-refractivity contribution in [2.45, 2.75) is 0 Å². The summed E-state index contributed by atoms with van der Waals surface area (Å²) in [5.74, 6) is 0. The molecule has 0 aliphatic heterocycles. The zero-order valence-corrected chi connectivity index (χ0v) is 17.8. The monoisotopic (exact) mass is 410 g/mol. The van der Waals surface area contributed by atoms with E-state index in [0.29, 0.717) is 0 Å². The Hall–Kier alpha value is -3.37. The van der Waals surface area contributed by atoms with Gasteiger partial charge in [-0.15, -0.1) is 0 Å². The highest BCUT2D eigenvalue weighted by molar-refractivity contribution is 7.83. The second-order valence-corrected chi connectivity index (χ2v) is 8.56. The standard InChI is InChI=1S/C24H16N2.C2H6OS/c1-3-7-17(8-4-1)19-13-14-26-24-21(19)12-11-20-22(15-25-16-23(20)24)18-9-5-2-6-10-18;1-4(2)3/h1-16H;1-2H3. The lowest BCUT2D eigenvalue weighted by Crippen LogP contribution is -1.89. The summed E-state index contributed by atoms with van der Waals surface area (Å²) in [5, 5.41) is 3.41. The molecule has 0 unspecified atom stereocenters. The van der Waals surface area contributed by atoms with E-state index >= 15 is 0 Å². The molecule has 0 aliphatic carbocycles. The van der Waals surface area contributed by atoms with Crippen molar-refractivity contribution in [1.29, 1.82) is 0 Å². The van der Waals surface area contributed by atoms with Gasteiger partial charge in [-0.25, -0.2) is 0 Å². The minimum atomic E-state index is -0.611. The highest BCUT2D eigenvalue weighted by Gasteiger charge is 2.11. The molecule has 0 fully saturated rings. The Morgan fingerprint density at radius 1 is 0.633 bits per heavy atom. The van der Waals surface area contributed by atoms with Gasteiger partial charge in [-0.3, -0.25) is 14.2 Å². The van der Waals surface area contributed by atoms with E-state index in [1.807, 2.05) is 30.7 Å². The third-order valence-corrected chi connectivity index (χ3v) is 4.82. The smallest absolute Gasteiger partial charge is 0.0802 e. The van der Waals surface area contributed by atoms with E-state index in [1.54, 1.807) is 12.5 Å². The maximum Gasteiger partial charge on any atom is 0.0802 e. The third kappa shape index (κ3) is 4.14. The lowest BCUT2D eigenvalue weighted by molar-refractivity contribution is 0.690. The molecule has 0 spiro atoms. The molecule has 0 saturated heterocycles. The van der Waals surface area contributed by atoms with Gasteiger partial charge in [0.15, 0.2) is 0 Å². The Balaban J connectivity index is 0.000000503. The number of benzene rings is 3. The van der Waals surface area contributed by atoms with E-state index in [4.69, 9.17) is 4.98 Å². The molecule has 0 atom stereocenters. The number of hydrogen-bond donors (Lipinski definition) is 0. The lowest BCUT2D eigenvalue weighted by atomic mass is 9.96. The van der Waals surface area contributed by atoms with Gasteiger partial charge in [0.2, 0.25) is 0 Å². The second kappa shape index (κ2) is 8.97. The number of hydrogen-bond acceptors (Lipinski definition) is 3. The first-order chi connectivity index (χ1) is 14.6. The number of nitrogens with zero attached hydrogens (tertiary/aromatic N) is 2. The van der Waals surface area contributed by atoms with Crippen molar-refractivity contribution in [3.8, 4) is 22.3 Å². The van der Waals surface area contributed by atoms with Gasteiger partial charge in [0.1, 0.15) is 0 Å². The van der Waals surface area contributed by atoms with Gasteiger partial charge in [0.05, 0.1) is 5.52 Å². The van der Waals surface area contributed by atoms with Crippen molar-refractivity contribution in [3.05, 3.63) is 97.5 Å². The van der Waals surface area contributed by atoms with E-state index in [2.05, 4.69) is 71.7 Å². The zero-order chi connectivity index (χ0) is 20.9. The van der Waals surface area contributed by atoms with Crippen LogP contribution in [0.5, 0.6) is 0 Å². The Kier molecular flexibility index (Phi) is 5.96. The predicted octanol–water partition coefficient (Wildman–Crippen LogP) is 6.11. The number of rotatable bonds is 2. The van der Waals surface area contributed by atoms with Crippen LogP contribution in [-0.2, 0) is 10.8 Å². The molecule has 0 aliphatic rings. The number of aromatic nitrogens is 2. The minimum Gasteiger partial charge on any atom is -0.263 e.